The minimum Gasteiger partial charge on any atom is -0.377 e. The number of benzene rings is 2. The van der Waals surface area contributed by atoms with Crippen LogP contribution in [0.3, 0.4) is 0 Å². The average Bonchev–Trinajstić information content (AvgIpc) is 3.29. The number of ether oxygens (including phenoxy) is 2. The van der Waals surface area contributed by atoms with Gasteiger partial charge < -0.3 is 40.1 Å². The first-order chi connectivity index (χ1) is 21.8. The largest absolute Gasteiger partial charge is 0.377 e. The van der Waals surface area contributed by atoms with E-state index in [0.29, 0.717) is 74.2 Å². The van der Waals surface area contributed by atoms with Crippen LogP contribution in [-0.2, 0) is 9.47 Å². The van der Waals surface area contributed by atoms with Crippen molar-refractivity contribution < 1.29 is 19.1 Å². The Hall–Kier alpha value is -4.33. The van der Waals surface area contributed by atoms with Crippen LogP contribution in [0.4, 0.5) is 28.1 Å². The quantitative estimate of drug-likeness (QED) is 0.329. The lowest BCUT2D eigenvalue weighted by Gasteiger charge is -2.36. The molecule has 13 nitrogen and oxygen atoms in total. The lowest BCUT2D eigenvalue weighted by molar-refractivity contribution is 0.0895. The number of anilines is 4. The zero-order valence-electron chi connectivity index (χ0n) is 26.0. The van der Waals surface area contributed by atoms with Gasteiger partial charge in [-0.2, -0.15) is 15.0 Å². The van der Waals surface area contributed by atoms with Gasteiger partial charge in [0.1, 0.15) is 0 Å². The molecule has 2 aromatic carbocycles. The molecule has 4 heterocycles. The minimum absolute atomic E-state index is 0.148. The molecule has 0 saturated carbocycles. The van der Waals surface area contributed by atoms with Crippen molar-refractivity contribution in [2.24, 2.45) is 0 Å². The van der Waals surface area contributed by atoms with Crippen molar-refractivity contribution in [2.75, 3.05) is 80.6 Å². The minimum atomic E-state index is -0.389. The summed E-state index contributed by atoms with van der Waals surface area (Å²) in [6.07, 6.45) is 2.13. The maximum Gasteiger partial charge on any atom is 0.323 e. The third kappa shape index (κ3) is 7.32. The average molecular weight is 616 g/mol. The normalized spacial score (nSPS) is 21.1. The topological polar surface area (TPSA) is 137 Å². The van der Waals surface area contributed by atoms with Crippen LogP contribution in [0.5, 0.6) is 0 Å². The molecule has 45 heavy (non-hydrogen) atoms. The first-order valence-electron chi connectivity index (χ1n) is 15.5. The number of aromatic nitrogens is 3. The predicted molar refractivity (Wildman–Crippen MR) is 173 cm³/mol. The molecule has 0 aliphatic carbocycles. The van der Waals surface area contributed by atoms with Gasteiger partial charge in [-0.3, -0.25) is 4.79 Å². The second-order valence-electron chi connectivity index (χ2n) is 12.0. The van der Waals surface area contributed by atoms with E-state index in [1.54, 1.807) is 24.3 Å². The van der Waals surface area contributed by atoms with Crippen LogP contribution in [0, 0.1) is 0 Å². The van der Waals surface area contributed by atoms with Crippen LogP contribution in [0.15, 0.2) is 48.5 Å². The Balaban J connectivity index is 1.13. The van der Waals surface area contributed by atoms with Gasteiger partial charge in [0.25, 0.3) is 5.91 Å². The van der Waals surface area contributed by atoms with Crippen molar-refractivity contribution >= 4 is 35.2 Å². The van der Waals surface area contributed by atoms with E-state index >= 15 is 0 Å². The number of hydrogen-bond acceptors (Lipinski definition) is 10. The lowest BCUT2D eigenvalue weighted by atomic mass is 10.2. The molecule has 238 valence electrons. The predicted octanol–water partition coefficient (Wildman–Crippen LogP) is 3.07. The number of nitrogens with one attached hydrogen (secondary N) is 3. The van der Waals surface area contributed by atoms with Gasteiger partial charge in [-0.1, -0.05) is 0 Å². The third-order valence-electron chi connectivity index (χ3n) is 8.36. The summed E-state index contributed by atoms with van der Waals surface area (Å²) in [5.74, 6) is 1.77. The molecule has 6 rings (SSSR count). The number of nitrogens with zero attached hydrogens (tertiary/aromatic N) is 6. The Morgan fingerprint density at radius 1 is 0.867 bits per heavy atom. The Morgan fingerprint density at radius 2 is 1.51 bits per heavy atom. The highest BCUT2D eigenvalue weighted by Gasteiger charge is 2.39. The van der Waals surface area contributed by atoms with Crippen LogP contribution >= 0.6 is 0 Å². The number of urea groups is 1. The van der Waals surface area contributed by atoms with E-state index in [1.165, 1.54) is 0 Å². The van der Waals surface area contributed by atoms with E-state index in [1.807, 2.05) is 43.3 Å². The molecule has 0 radical (unpaired) electrons. The maximum absolute atomic E-state index is 12.7. The smallest absolute Gasteiger partial charge is 0.323 e. The maximum atomic E-state index is 12.7. The third-order valence-corrected chi connectivity index (χ3v) is 8.36. The van der Waals surface area contributed by atoms with Crippen molar-refractivity contribution in [2.45, 2.75) is 37.9 Å². The van der Waals surface area contributed by atoms with E-state index in [9.17, 15) is 9.59 Å². The molecular formula is C32H41N9O4. The summed E-state index contributed by atoms with van der Waals surface area (Å²) in [6, 6.07) is 14.5. The van der Waals surface area contributed by atoms with Gasteiger partial charge in [-0.15, -0.1) is 0 Å². The number of carbonyl (C=O) groups excluding carboxylic acids is 2. The number of hydrogen-bond donors (Lipinski definition) is 3. The standard InChI is InChI=1S/C32H41N9O4/c1-21-18-44-17-16-40(21)30-36-28(37-31(38-30)41-26-12-13-27(41)20-45-19-26)22-4-8-24(9-5-22)34-32(43)35-25-10-6-23(7-11-25)29(42)33-14-15-39(2)3/h4-11,21,26-27H,12-20H2,1-3H3,(H,33,42)(H2,34,35,43). The lowest BCUT2D eigenvalue weighted by Crippen LogP contribution is -2.48. The van der Waals surface area contributed by atoms with Crippen LogP contribution in [-0.4, -0.2) is 110 Å². The summed E-state index contributed by atoms with van der Waals surface area (Å²) < 4.78 is 11.5. The van der Waals surface area contributed by atoms with Gasteiger partial charge in [-0.05, 0) is 82.4 Å². The van der Waals surface area contributed by atoms with Crippen molar-refractivity contribution in [1.82, 2.24) is 25.2 Å². The summed E-state index contributed by atoms with van der Waals surface area (Å²) in [5, 5.41) is 8.56. The molecular weight excluding hydrogens is 574 g/mol. The highest BCUT2D eigenvalue weighted by Crippen LogP contribution is 2.34. The number of morpholine rings is 2. The van der Waals surface area contributed by atoms with E-state index in [2.05, 4.69) is 32.7 Å². The van der Waals surface area contributed by atoms with Crippen molar-refractivity contribution in [1.29, 1.82) is 0 Å². The molecule has 3 fully saturated rings. The van der Waals surface area contributed by atoms with Gasteiger partial charge in [-0.25, -0.2) is 4.79 Å². The highest BCUT2D eigenvalue weighted by molar-refractivity contribution is 6.00. The Morgan fingerprint density at radius 3 is 2.16 bits per heavy atom. The first kappa shape index (κ1) is 30.7. The van der Waals surface area contributed by atoms with Crippen LogP contribution in [0.25, 0.3) is 11.4 Å². The fraction of sp³-hybridized carbons (Fsp3) is 0.469. The Bertz CT molecular complexity index is 1470. The van der Waals surface area contributed by atoms with Crippen LogP contribution < -0.4 is 25.8 Å². The van der Waals surface area contributed by atoms with Crippen LogP contribution in [0.2, 0.25) is 0 Å². The van der Waals surface area contributed by atoms with Crippen molar-refractivity contribution in [3.8, 4) is 11.4 Å². The molecule has 13 heteroatoms. The summed E-state index contributed by atoms with van der Waals surface area (Å²) in [5.41, 5.74) is 2.56. The summed E-state index contributed by atoms with van der Waals surface area (Å²) >= 11 is 0. The highest BCUT2D eigenvalue weighted by atomic mass is 16.5. The molecule has 0 spiro atoms. The number of rotatable bonds is 9. The fourth-order valence-corrected chi connectivity index (χ4v) is 5.90. The molecule has 3 atom stereocenters. The number of fused-ring (bicyclic) bond motifs is 2. The molecule has 3 N–H and O–H groups in total. The van der Waals surface area contributed by atoms with E-state index < -0.39 is 0 Å². The van der Waals surface area contributed by atoms with Gasteiger partial charge in [0, 0.05) is 42.1 Å². The fourth-order valence-electron chi connectivity index (χ4n) is 5.90. The molecule has 3 aromatic rings. The number of likely N-dealkylation sites (N-methyl/N-ethyl adjacent to an activating group) is 1. The van der Waals surface area contributed by atoms with Crippen LogP contribution in [0.1, 0.15) is 30.1 Å². The summed E-state index contributed by atoms with van der Waals surface area (Å²) in [6.45, 7) is 6.76. The molecule has 3 aliphatic heterocycles. The van der Waals surface area contributed by atoms with Gasteiger partial charge in [0.15, 0.2) is 5.82 Å². The molecule has 3 aliphatic rings. The first-order valence-corrected chi connectivity index (χ1v) is 15.5. The molecule has 2 bridgehead atoms. The molecule has 3 unspecified atom stereocenters. The van der Waals surface area contributed by atoms with Crippen molar-refractivity contribution in [3.63, 3.8) is 0 Å². The Labute approximate surface area is 263 Å². The zero-order valence-corrected chi connectivity index (χ0v) is 26.0. The Kier molecular flexibility index (Phi) is 9.38. The monoisotopic (exact) mass is 615 g/mol. The molecule has 1 aromatic heterocycles. The van der Waals surface area contributed by atoms with Gasteiger partial charge >= 0.3 is 6.03 Å². The van der Waals surface area contributed by atoms with Gasteiger partial charge in [0.2, 0.25) is 11.9 Å². The van der Waals surface area contributed by atoms with E-state index in [-0.39, 0.29) is 30.1 Å². The number of amides is 3. The molecule has 3 saturated heterocycles. The molecule has 3 amide bonds. The summed E-state index contributed by atoms with van der Waals surface area (Å²) in [7, 11) is 3.91. The van der Waals surface area contributed by atoms with E-state index in [0.717, 1.165) is 24.9 Å². The van der Waals surface area contributed by atoms with Gasteiger partial charge in [0.05, 0.1) is 44.6 Å². The second kappa shape index (κ2) is 13.8. The summed E-state index contributed by atoms with van der Waals surface area (Å²) in [4.78, 5) is 46.3. The second-order valence-corrected chi connectivity index (χ2v) is 12.0. The van der Waals surface area contributed by atoms with E-state index in [4.69, 9.17) is 24.4 Å². The van der Waals surface area contributed by atoms with Crippen molar-refractivity contribution in [3.05, 3.63) is 54.1 Å². The number of carbonyl (C=O) groups is 2. The zero-order chi connectivity index (χ0) is 31.3. The SMILES string of the molecule is CC1COCCN1c1nc(-c2ccc(NC(=O)Nc3ccc(C(=O)NCCN(C)C)cc3)cc2)nc(N2C3CCC2COC3)n1.